The molecule has 1 saturated heterocycles. The molecule has 1 atom stereocenters. The van der Waals surface area contributed by atoms with Crippen LogP contribution < -0.4 is 9.64 Å². The number of sulfone groups is 1. The summed E-state index contributed by atoms with van der Waals surface area (Å²) in [5.74, 6) is 1.37. The van der Waals surface area contributed by atoms with Gasteiger partial charge < -0.3 is 14.5 Å². The molecule has 1 aliphatic rings. The molecule has 1 fully saturated rings. The highest BCUT2D eigenvalue weighted by Gasteiger charge is 2.34. The van der Waals surface area contributed by atoms with Crippen LogP contribution >= 0.6 is 11.8 Å². The monoisotopic (exact) mass is 387 g/mol. The Morgan fingerprint density at radius 2 is 2.00 bits per heavy atom. The van der Waals surface area contributed by atoms with Crippen LogP contribution in [0.3, 0.4) is 0 Å². The number of hydrogen-bond acceptors (Lipinski definition) is 5. The Morgan fingerprint density at radius 3 is 2.52 bits per heavy atom. The first-order chi connectivity index (χ1) is 11.8. The van der Waals surface area contributed by atoms with Crippen molar-refractivity contribution in [1.29, 1.82) is 0 Å². The highest BCUT2D eigenvalue weighted by Crippen LogP contribution is 2.23. The summed E-state index contributed by atoms with van der Waals surface area (Å²) in [4.78, 5) is 16.7. The van der Waals surface area contributed by atoms with Crippen LogP contribution in [0.2, 0.25) is 0 Å². The van der Waals surface area contributed by atoms with Gasteiger partial charge in [0.1, 0.15) is 5.75 Å². The number of carbonyl (C=O) groups is 1. The molecule has 1 aromatic rings. The number of carbonyl (C=O) groups excluding carboxylic acids is 1. The van der Waals surface area contributed by atoms with E-state index in [-0.39, 0.29) is 23.5 Å². The molecule has 8 heteroatoms. The summed E-state index contributed by atoms with van der Waals surface area (Å²) in [6, 6.07) is 7.39. The predicted octanol–water partition coefficient (Wildman–Crippen LogP) is -0.0525. The van der Waals surface area contributed by atoms with Gasteiger partial charge >= 0.3 is 0 Å². The Labute approximate surface area is 154 Å². The van der Waals surface area contributed by atoms with Gasteiger partial charge in [0.25, 0.3) is 0 Å². The molecular formula is C17H27N2O4S2+. The number of amides is 1. The molecule has 1 N–H and O–H groups in total. The third-order valence-corrected chi connectivity index (χ3v) is 6.99. The summed E-state index contributed by atoms with van der Waals surface area (Å²) in [6.07, 6.45) is 0.546. The van der Waals surface area contributed by atoms with E-state index in [0.717, 1.165) is 17.2 Å². The zero-order valence-corrected chi connectivity index (χ0v) is 16.7. The third-order valence-electron chi connectivity index (χ3n) is 4.24. The summed E-state index contributed by atoms with van der Waals surface area (Å²) in [5, 5.41) is 0. The van der Waals surface area contributed by atoms with Crippen molar-refractivity contribution in [3.63, 3.8) is 0 Å². The van der Waals surface area contributed by atoms with E-state index in [2.05, 4.69) is 0 Å². The maximum absolute atomic E-state index is 12.7. The molecule has 6 nitrogen and oxygen atoms in total. The van der Waals surface area contributed by atoms with Gasteiger partial charge in [0.15, 0.2) is 9.84 Å². The van der Waals surface area contributed by atoms with Crippen molar-refractivity contribution in [3.05, 3.63) is 24.3 Å². The number of rotatable bonds is 8. The summed E-state index contributed by atoms with van der Waals surface area (Å²) >= 11 is 1.47. The molecule has 0 aromatic heterocycles. The Kier molecular flexibility index (Phi) is 7.15. The van der Waals surface area contributed by atoms with Gasteiger partial charge in [-0.05, 0) is 30.7 Å². The fraction of sp³-hybridized carbons (Fsp3) is 0.588. The Balaban J connectivity index is 1.98. The van der Waals surface area contributed by atoms with E-state index < -0.39 is 9.84 Å². The second kappa shape index (κ2) is 8.91. The highest BCUT2D eigenvalue weighted by atomic mass is 32.2. The fourth-order valence-electron chi connectivity index (χ4n) is 2.78. The van der Waals surface area contributed by atoms with E-state index in [1.54, 1.807) is 12.0 Å². The highest BCUT2D eigenvalue weighted by molar-refractivity contribution is 8.00. The summed E-state index contributed by atoms with van der Waals surface area (Å²) < 4.78 is 28.7. The number of nitrogens with zero attached hydrogens (tertiary/aromatic N) is 1. The minimum absolute atomic E-state index is 0.00386. The summed E-state index contributed by atoms with van der Waals surface area (Å²) in [5.41, 5.74) is 0. The van der Waals surface area contributed by atoms with Crippen molar-refractivity contribution in [3.8, 4) is 5.75 Å². The van der Waals surface area contributed by atoms with Crippen LogP contribution in [0.5, 0.6) is 5.75 Å². The van der Waals surface area contributed by atoms with Crippen molar-refractivity contribution >= 4 is 27.5 Å². The van der Waals surface area contributed by atoms with Crippen molar-refractivity contribution in [1.82, 2.24) is 4.90 Å². The van der Waals surface area contributed by atoms with Crippen LogP contribution in [-0.2, 0) is 14.6 Å². The van der Waals surface area contributed by atoms with Gasteiger partial charge in [-0.1, -0.05) is 0 Å². The molecule has 0 spiro atoms. The molecule has 1 amide bonds. The van der Waals surface area contributed by atoms with Gasteiger partial charge in [-0.25, -0.2) is 8.42 Å². The van der Waals surface area contributed by atoms with Crippen LogP contribution in [0, 0.1) is 0 Å². The normalized spacial score (nSPS) is 19.1. The van der Waals surface area contributed by atoms with Gasteiger partial charge in [-0.2, -0.15) is 0 Å². The van der Waals surface area contributed by atoms with E-state index in [4.69, 9.17) is 4.74 Å². The molecule has 2 rings (SSSR count). The van der Waals surface area contributed by atoms with Crippen LogP contribution in [0.15, 0.2) is 29.2 Å². The molecule has 1 aliphatic heterocycles. The zero-order chi connectivity index (χ0) is 18.4. The number of thioether (sulfide) groups is 1. The number of ether oxygens (including phenoxy) is 1. The summed E-state index contributed by atoms with van der Waals surface area (Å²) in [6.45, 7) is 1.39. The zero-order valence-electron chi connectivity index (χ0n) is 15.0. The lowest BCUT2D eigenvalue weighted by atomic mass is 10.2. The molecule has 140 valence electrons. The molecule has 0 saturated carbocycles. The second-order valence-corrected chi connectivity index (χ2v) is 9.84. The average molecular weight is 388 g/mol. The number of likely N-dealkylation sites (N-methyl/N-ethyl adjacent to an activating group) is 1. The van der Waals surface area contributed by atoms with E-state index in [1.165, 1.54) is 16.7 Å². The van der Waals surface area contributed by atoms with Crippen molar-refractivity contribution in [2.75, 3.05) is 51.6 Å². The number of methoxy groups -OCH3 is 1. The van der Waals surface area contributed by atoms with Crippen molar-refractivity contribution < 1.29 is 22.8 Å². The van der Waals surface area contributed by atoms with Gasteiger partial charge in [-0.15, -0.1) is 11.8 Å². The molecule has 1 aromatic carbocycles. The predicted molar refractivity (Wildman–Crippen MR) is 100 cm³/mol. The van der Waals surface area contributed by atoms with Gasteiger partial charge in [0.2, 0.25) is 5.91 Å². The molecule has 1 heterocycles. The lowest BCUT2D eigenvalue weighted by molar-refractivity contribution is -0.857. The van der Waals surface area contributed by atoms with E-state index in [0.29, 0.717) is 18.7 Å². The molecule has 0 bridgehead atoms. The second-order valence-electron chi connectivity index (χ2n) is 6.57. The van der Waals surface area contributed by atoms with Gasteiger partial charge in [0.05, 0.1) is 51.6 Å². The number of quaternary nitrogens is 1. The largest absolute Gasteiger partial charge is 0.497 e. The van der Waals surface area contributed by atoms with Crippen LogP contribution in [0.1, 0.15) is 6.42 Å². The first kappa shape index (κ1) is 20.1. The minimum Gasteiger partial charge on any atom is -0.497 e. The Morgan fingerprint density at radius 1 is 1.32 bits per heavy atom. The van der Waals surface area contributed by atoms with Crippen molar-refractivity contribution in [2.45, 2.75) is 17.4 Å². The maximum atomic E-state index is 12.7. The number of hydrogen-bond donors (Lipinski definition) is 1. The quantitative estimate of drug-likeness (QED) is 0.634. The van der Waals surface area contributed by atoms with E-state index >= 15 is 0 Å². The van der Waals surface area contributed by atoms with E-state index in [1.807, 2.05) is 38.4 Å². The fourth-order valence-corrected chi connectivity index (χ4v) is 5.29. The standard InChI is InChI=1S/C17H26N2O4S2/c1-18(2)9-10-19(14-8-11-25(21,22)13-14)17(20)12-24-16-6-4-15(23-3)5-7-16/h4-7,14H,8-13H2,1-3H3/p+1/t14-/m1/s1. The van der Waals surface area contributed by atoms with Crippen molar-refractivity contribution in [2.24, 2.45) is 0 Å². The van der Waals surface area contributed by atoms with Crippen LogP contribution in [0.25, 0.3) is 0 Å². The van der Waals surface area contributed by atoms with Gasteiger partial charge in [-0.3, -0.25) is 4.79 Å². The van der Waals surface area contributed by atoms with E-state index in [9.17, 15) is 13.2 Å². The first-order valence-electron chi connectivity index (χ1n) is 8.36. The van der Waals surface area contributed by atoms with Gasteiger partial charge in [0, 0.05) is 10.9 Å². The maximum Gasteiger partial charge on any atom is 0.233 e. The topological polar surface area (TPSA) is 68.1 Å². The number of benzene rings is 1. The Hall–Kier alpha value is -1.25. The average Bonchev–Trinajstić information content (AvgIpc) is 2.93. The smallest absolute Gasteiger partial charge is 0.233 e. The lowest BCUT2D eigenvalue weighted by Crippen LogP contribution is -3.06. The molecule has 0 radical (unpaired) electrons. The van der Waals surface area contributed by atoms with Crippen LogP contribution in [0.4, 0.5) is 0 Å². The van der Waals surface area contributed by atoms with Crippen LogP contribution in [-0.4, -0.2) is 76.8 Å². The molecule has 0 unspecified atom stereocenters. The number of nitrogens with one attached hydrogen (secondary N) is 1. The third kappa shape index (κ3) is 6.20. The molecule has 0 aliphatic carbocycles. The Bertz CT molecular complexity index is 674. The first-order valence-corrected chi connectivity index (χ1v) is 11.2. The SMILES string of the molecule is COc1ccc(SCC(=O)N(CC[NH+](C)C)[C@@H]2CCS(=O)(=O)C2)cc1. The molecule has 25 heavy (non-hydrogen) atoms. The minimum atomic E-state index is -3.01. The molecular weight excluding hydrogens is 360 g/mol. The summed E-state index contributed by atoms with van der Waals surface area (Å²) in [7, 11) is 2.66. The lowest BCUT2D eigenvalue weighted by Gasteiger charge is -2.28.